The van der Waals surface area contributed by atoms with Crippen LogP contribution in [0.25, 0.3) is 0 Å². The predicted octanol–water partition coefficient (Wildman–Crippen LogP) is 3.92. The Morgan fingerprint density at radius 1 is 1.03 bits per heavy atom. The van der Waals surface area contributed by atoms with Gasteiger partial charge in [-0.05, 0) is 55.5 Å². The third-order valence-corrected chi connectivity index (χ3v) is 7.11. The van der Waals surface area contributed by atoms with E-state index in [2.05, 4.69) is 20.8 Å². The molecule has 1 aliphatic heterocycles. The van der Waals surface area contributed by atoms with Crippen molar-refractivity contribution in [3.8, 4) is 5.75 Å². The molecule has 10 heteroatoms. The van der Waals surface area contributed by atoms with Gasteiger partial charge in [0.15, 0.2) is 0 Å². The lowest BCUT2D eigenvalue weighted by Crippen LogP contribution is -2.39. The van der Waals surface area contributed by atoms with Crippen LogP contribution in [0, 0.1) is 5.92 Å². The fraction of sp³-hybridized carbons (Fsp3) is 0.346. The highest BCUT2D eigenvalue weighted by molar-refractivity contribution is 7.15. The molecule has 9 nitrogen and oxygen atoms in total. The van der Waals surface area contributed by atoms with Crippen LogP contribution < -0.4 is 15.4 Å². The zero-order valence-electron chi connectivity index (χ0n) is 20.3. The molecular formula is C26H29N5O4S. The van der Waals surface area contributed by atoms with Crippen LogP contribution in [0.15, 0.2) is 54.6 Å². The van der Waals surface area contributed by atoms with E-state index in [1.807, 2.05) is 37.3 Å². The molecule has 0 aliphatic carbocycles. The number of anilines is 1. The van der Waals surface area contributed by atoms with Crippen LogP contribution in [0.3, 0.4) is 0 Å². The second kappa shape index (κ2) is 11.8. The van der Waals surface area contributed by atoms with Crippen molar-refractivity contribution in [1.82, 2.24) is 20.4 Å². The Hall–Kier alpha value is -3.79. The first-order valence-electron chi connectivity index (χ1n) is 11.9. The predicted molar refractivity (Wildman–Crippen MR) is 137 cm³/mol. The van der Waals surface area contributed by atoms with Gasteiger partial charge in [-0.2, -0.15) is 0 Å². The molecule has 2 N–H and O–H groups in total. The van der Waals surface area contributed by atoms with Gasteiger partial charge in [-0.1, -0.05) is 41.7 Å². The molecule has 4 rings (SSSR count). The fourth-order valence-electron chi connectivity index (χ4n) is 4.12. The van der Waals surface area contributed by atoms with Crippen molar-refractivity contribution < 1.29 is 19.1 Å². The van der Waals surface area contributed by atoms with E-state index >= 15 is 0 Å². The molecular weight excluding hydrogens is 478 g/mol. The Kier molecular flexibility index (Phi) is 8.27. The van der Waals surface area contributed by atoms with Gasteiger partial charge in [0.25, 0.3) is 11.8 Å². The van der Waals surface area contributed by atoms with Crippen molar-refractivity contribution in [3.63, 3.8) is 0 Å². The number of carbonyl (C=O) groups excluding carboxylic acids is 3. The highest BCUT2D eigenvalue weighted by Crippen LogP contribution is 2.24. The molecule has 1 aromatic heterocycles. The monoisotopic (exact) mass is 507 g/mol. The summed E-state index contributed by atoms with van der Waals surface area (Å²) in [4.78, 5) is 39.6. The largest absolute Gasteiger partial charge is 0.497 e. The summed E-state index contributed by atoms with van der Waals surface area (Å²) >= 11 is 0.972. The van der Waals surface area contributed by atoms with Crippen molar-refractivity contribution in [2.75, 3.05) is 25.5 Å². The van der Waals surface area contributed by atoms with Gasteiger partial charge in [-0.15, -0.1) is 10.2 Å². The minimum atomic E-state index is -0.425. The van der Waals surface area contributed by atoms with Crippen molar-refractivity contribution in [2.24, 2.45) is 5.92 Å². The summed E-state index contributed by atoms with van der Waals surface area (Å²) < 4.78 is 5.11. The molecule has 36 heavy (non-hydrogen) atoms. The van der Waals surface area contributed by atoms with Crippen LogP contribution in [-0.4, -0.2) is 53.0 Å². The molecule has 3 amide bonds. The van der Waals surface area contributed by atoms with Crippen molar-refractivity contribution in [1.29, 1.82) is 0 Å². The number of benzene rings is 2. The number of ether oxygens (including phenoxy) is 1. The topological polar surface area (TPSA) is 114 Å². The number of rotatable bonds is 8. The van der Waals surface area contributed by atoms with Gasteiger partial charge in [0.05, 0.1) is 13.2 Å². The van der Waals surface area contributed by atoms with E-state index in [9.17, 15) is 14.4 Å². The average Bonchev–Trinajstić information content (AvgIpc) is 3.40. The Morgan fingerprint density at radius 2 is 1.69 bits per heavy atom. The third kappa shape index (κ3) is 6.45. The first-order valence-corrected chi connectivity index (χ1v) is 12.7. The highest BCUT2D eigenvalue weighted by atomic mass is 32.1. The molecule has 1 fully saturated rings. The van der Waals surface area contributed by atoms with E-state index < -0.39 is 5.91 Å². The lowest BCUT2D eigenvalue weighted by molar-refractivity contribution is -0.122. The molecule has 0 radical (unpaired) electrons. The summed E-state index contributed by atoms with van der Waals surface area (Å²) in [5.41, 5.74) is 1.66. The van der Waals surface area contributed by atoms with E-state index in [1.165, 1.54) is 0 Å². The van der Waals surface area contributed by atoms with Crippen LogP contribution in [-0.2, 0) is 4.79 Å². The number of nitrogens with one attached hydrogen (secondary N) is 2. The Bertz CT molecular complexity index is 1190. The molecule has 3 aromatic rings. The number of piperidine rings is 1. The molecule has 1 atom stereocenters. The van der Waals surface area contributed by atoms with Crippen LogP contribution >= 0.6 is 11.3 Å². The summed E-state index contributed by atoms with van der Waals surface area (Å²) in [7, 11) is 1.57. The molecule has 2 heterocycles. The minimum Gasteiger partial charge on any atom is -0.497 e. The summed E-state index contributed by atoms with van der Waals surface area (Å²) in [6, 6.07) is 16.7. The van der Waals surface area contributed by atoms with Gasteiger partial charge >= 0.3 is 0 Å². The number of methoxy groups -OCH3 is 1. The first kappa shape index (κ1) is 25.3. The molecule has 0 spiro atoms. The quantitative estimate of drug-likeness (QED) is 0.478. The lowest BCUT2D eigenvalue weighted by atomic mass is 9.93. The second-order valence-corrected chi connectivity index (χ2v) is 9.71. The molecule has 2 aromatic carbocycles. The van der Waals surface area contributed by atoms with Gasteiger partial charge in [0, 0.05) is 25.2 Å². The van der Waals surface area contributed by atoms with E-state index in [-0.39, 0.29) is 33.8 Å². The maximum absolute atomic E-state index is 12.9. The fourth-order valence-corrected chi connectivity index (χ4v) is 4.83. The summed E-state index contributed by atoms with van der Waals surface area (Å²) in [5.74, 6) is 0.260. The number of carbonyl (C=O) groups is 3. The van der Waals surface area contributed by atoms with Gasteiger partial charge < -0.3 is 20.3 Å². The number of hydrogen-bond acceptors (Lipinski definition) is 7. The number of hydrogen-bond donors (Lipinski definition) is 2. The standard InChI is InChI=1S/C26H29N5O4S/c1-17(19-6-4-3-5-7-19)27-22(32)16-18-12-14-31(15-13-18)26(34)25-30-29-24(36-25)23(33)28-20-8-10-21(35-2)11-9-20/h3-11,17-18H,12-16H2,1-2H3,(H,27,32)(H,28,33)/t17-/m0/s1. The highest BCUT2D eigenvalue weighted by Gasteiger charge is 2.28. The molecule has 188 valence electrons. The zero-order valence-corrected chi connectivity index (χ0v) is 21.1. The maximum Gasteiger partial charge on any atom is 0.286 e. The van der Waals surface area contributed by atoms with Gasteiger partial charge in [0.1, 0.15) is 5.75 Å². The number of likely N-dealkylation sites (tertiary alicyclic amines) is 1. The number of nitrogens with zero attached hydrogens (tertiary/aromatic N) is 3. The second-order valence-electron chi connectivity index (χ2n) is 8.73. The third-order valence-electron chi connectivity index (χ3n) is 6.20. The Morgan fingerprint density at radius 3 is 2.36 bits per heavy atom. The van der Waals surface area contributed by atoms with E-state index in [0.717, 1.165) is 29.7 Å². The van der Waals surface area contributed by atoms with E-state index in [4.69, 9.17) is 4.74 Å². The van der Waals surface area contributed by atoms with Gasteiger partial charge in [-0.25, -0.2) is 0 Å². The van der Waals surface area contributed by atoms with Crippen molar-refractivity contribution in [2.45, 2.75) is 32.2 Å². The maximum atomic E-state index is 12.9. The normalized spacial score (nSPS) is 14.7. The molecule has 1 saturated heterocycles. The molecule has 0 saturated carbocycles. The van der Waals surface area contributed by atoms with Crippen molar-refractivity contribution >= 4 is 34.7 Å². The first-order chi connectivity index (χ1) is 17.4. The van der Waals surface area contributed by atoms with Gasteiger partial charge in [-0.3, -0.25) is 14.4 Å². The summed E-state index contributed by atoms with van der Waals surface area (Å²) in [6.07, 6.45) is 1.92. The lowest BCUT2D eigenvalue weighted by Gasteiger charge is -2.31. The summed E-state index contributed by atoms with van der Waals surface area (Å²) in [5, 5.41) is 13.9. The molecule has 0 unspecified atom stereocenters. The molecule has 0 bridgehead atoms. The minimum absolute atomic E-state index is 0.0211. The van der Waals surface area contributed by atoms with Crippen molar-refractivity contribution in [3.05, 3.63) is 70.2 Å². The van der Waals surface area contributed by atoms with Crippen LogP contribution in [0.4, 0.5) is 5.69 Å². The van der Waals surface area contributed by atoms with Crippen LogP contribution in [0.5, 0.6) is 5.75 Å². The van der Waals surface area contributed by atoms with Crippen LogP contribution in [0.1, 0.15) is 57.4 Å². The Labute approximate surface area is 213 Å². The smallest absolute Gasteiger partial charge is 0.286 e. The number of amides is 3. The molecule has 1 aliphatic rings. The Balaban J connectivity index is 1.24. The zero-order chi connectivity index (χ0) is 25.5. The average molecular weight is 508 g/mol. The summed E-state index contributed by atoms with van der Waals surface area (Å²) in [6.45, 7) is 3.05. The SMILES string of the molecule is COc1ccc(NC(=O)c2nnc(C(=O)N3CCC(CC(=O)N[C@@H](C)c4ccccc4)CC3)s2)cc1. The van der Waals surface area contributed by atoms with Crippen LogP contribution in [0.2, 0.25) is 0 Å². The van der Waals surface area contributed by atoms with Gasteiger partial charge in [0.2, 0.25) is 15.9 Å². The van der Waals surface area contributed by atoms with E-state index in [0.29, 0.717) is 30.9 Å². The van der Waals surface area contributed by atoms with E-state index in [1.54, 1.807) is 36.3 Å². The number of aromatic nitrogens is 2.